The highest BCUT2D eigenvalue weighted by Crippen LogP contribution is 2.41. The Bertz CT molecular complexity index is 1300. The van der Waals surface area contributed by atoms with Crippen LogP contribution in [0.2, 0.25) is 5.15 Å². The van der Waals surface area contributed by atoms with Gasteiger partial charge in [-0.2, -0.15) is 0 Å². The van der Waals surface area contributed by atoms with E-state index < -0.39 is 16.6 Å². The summed E-state index contributed by atoms with van der Waals surface area (Å²) in [6.45, 7) is 3.82. The van der Waals surface area contributed by atoms with Crippen LogP contribution in [-0.4, -0.2) is 52.3 Å². The van der Waals surface area contributed by atoms with Crippen LogP contribution in [0.15, 0.2) is 89.1 Å². The van der Waals surface area contributed by atoms with Crippen molar-refractivity contribution in [3.63, 3.8) is 0 Å². The van der Waals surface area contributed by atoms with Crippen molar-refractivity contribution >= 4 is 29.2 Å². The lowest BCUT2D eigenvalue weighted by molar-refractivity contribution is -0.526. The summed E-state index contributed by atoms with van der Waals surface area (Å²) < 4.78 is 5.04. The fourth-order valence-electron chi connectivity index (χ4n) is 4.19. The number of rotatable bonds is 7. The number of ether oxygens (including phenoxy) is 1. The number of nitrogens with one attached hydrogen (secondary N) is 1. The third-order valence-electron chi connectivity index (χ3n) is 6.00. The van der Waals surface area contributed by atoms with Crippen LogP contribution in [0.25, 0.3) is 0 Å². The Morgan fingerprint density at radius 2 is 1.79 bits per heavy atom. The SMILES string of the molecule is CCOC(=O)C1=NOC(c2ccccc2)(c2ccccc2)C1.O=[N+]([O-])NC1=NCCN1Cc1ccc(Cl)nc1. The van der Waals surface area contributed by atoms with Crippen LogP contribution in [0.4, 0.5) is 0 Å². The Balaban J connectivity index is 0.000000187. The van der Waals surface area contributed by atoms with Crippen molar-refractivity contribution in [1.82, 2.24) is 15.3 Å². The topological polar surface area (TPSA) is 132 Å². The average Bonchev–Trinajstić information content (AvgIpc) is 3.59. The van der Waals surface area contributed by atoms with E-state index in [1.54, 1.807) is 24.1 Å². The van der Waals surface area contributed by atoms with Crippen molar-refractivity contribution in [2.75, 3.05) is 19.7 Å². The van der Waals surface area contributed by atoms with Crippen molar-refractivity contribution in [2.45, 2.75) is 25.5 Å². The van der Waals surface area contributed by atoms with Crippen molar-refractivity contribution in [1.29, 1.82) is 0 Å². The van der Waals surface area contributed by atoms with Gasteiger partial charge in [-0.15, -0.1) is 0 Å². The smallest absolute Gasteiger partial charge is 0.356 e. The number of guanidine groups is 1. The molecule has 1 aromatic heterocycles. The van der Waals surface area contributed by atoms with Crippen LogP contribution < -0.4 is 5.43 Å². The van der Waals surface area contributed by atoms with Gasteiger partial charge in [0.05, 0.1) is 19.6 Å². The number of oxime groups is 1. The van der Waals surface area contributed by atoms with E-state index >= 15 is 0 Å². The number of aliphatic imine (C=N–C) groups is 1. The van der Waals surface area contributed by atoms with Crippen molar-refractivity contribution < 1.29 is 19.4 Å². The largest absolute Gasteiger partial charge is 0.461 e. The van der Waals surface area contributed by atoms with Gasteiger partial charge in [-0.1, -0.05) is 88.9 Å². The van der Waals surface area contributed by atoms with E-state index in [0.717, 1.165) is 16.7 Å². The summed E-state index contributed by atoms with van der Waals surface area (Å²) >= 11 is 5.68. The molecule has 2 aliphatic rings. The molecule has 0 spiro atoms. The van der Waals surface area contributed by atoms with Gasteiger partial charge in [-0.25, -0.2) is 24.9 Å². The minimum atomic E-state index is -0.773. The van der Waals surface area contributed by atoms with E-state index in [9.17, 15) is 14.9 Å². The second-order valence-corrected chi connectivity index (χ2v) is 8.96. The Labute approximate surface area is 230 Å². The molecule has 0 fully saturated rings. The maximum absolute atomic E-state index is 12.0. The summed E-state index contributed by atoms with van der Waals surface area (Å²) in [7, 11) is 0. The second kappa shape index (κ2) is 12.8. The number of hydrazine groups is 1. The maximum atomic E-state index is 12.0. The fraction of sp³-hybridized carbons (Fsp3) is 0.259. The molecule has 0 atom stereocenters. The third kappa shape index (κ3) is 6.88. The van der Waals surface area contributed by atoms with Crippen molar-refractivity contribution in [3.05, 3.63) is 111 Å². The number of hydrogen-bond acceptors (Lipinski definition) is 9. The molecule has 1 N–H and O–H groups in total. The summed E-state index contributed by atoms with van der Waals surface area (Å²) in [6, 6.07) is 23.1. The first-order valence-electron chi connectivity index (χ1n) is 12.3. The molecule has 2 aromatic carbocycles. The van der Waals surface area contributed by atoms with Crippen LogP contribution in [0.5, 0.6) is 0 Å². The van der Waals surface area contributed by atoms with Crippen molar-refractivity contribution in [3.8, 4) is 0 Å². The van der Waals surface area contributed by atoms with E-state index in [-0.39, 0.29) is 5.96 Å². The lowest BCUT2D eigenvalue weighted by Crippen LogP contribution is -2.40. The molecule has 0 saturated heterocycles. The monoisotopic (exact) mass is 550 g/mol. The van der Waals surface area contributed by atoms with Gasteiger partial charge in [0.25, 0.3) is 5.96 Å². The molecular formula is C27H27ClN6O5. The molecule has 0 amide bonds. The van der Waals surface area contributed by atoms with Gasteiger partial charge in [0.2, 0.25) is 0 Å². The van der Waals surface area contributed by atoms with Gasteiger partial charge in [-0.05, 0) is 18.6 Å². The molecule has 5 rings (SSSR count). The number of esters is 1. The van der Waals surface area contributed by atoms with Gasteiger partial charge in [0.15, 0.2) is 16.3 Å². The Hall–Kier alpha value is -4.51. The van der Waals surface area contributed by atoms with Gasteiger partial charge in [0.1, 0.15) is 5.15 Å². The molecule has 0 aliphatic carbocycles. The number of pyridine rings is 1. The lowest BCUT2D eigenvalue weighted by Gasteiger charge is -2.27. The van der Waals surface area contributed by atoms with E-state index in [0.29, 0.717) is 43.5 Å². The molecular weight excluding hydrogens is 524 g/mol. The Kier molecular flexibility index (Phi) is 9.06. The first kappa shape index (κ1) is 27.5. The lowest BCUT2D eigenvalue weighted by atomic mass is 9.82. The molecule has 0 radical (unpaired) electrons. The van der Waals surface area contributed by atoms with Crippen LogP contribution in [0.3, 0.4) is 0 Å². The summed E-state index contributed by atoms with van der Waals surface area (Å²) in [5.41, 5.74) is 4.47. The number of carbonyl (C=O) groups is 1. The highest BCUT2D eigenvalue weighted by Gasteiger charge is 2.45. The number of halogens is 1. The van der Waals surface area contributed by atoms with Crippen LogP contribution in [-0.2, 0) is 26.5 Å². The molecule has 0 bridgehead atoms. The summed E-state index contributed by atoms with van der Waals surface area (Å²) in [5, 5.41) is 14.2. The Morgan fingerprint density at radius 3 is 2.36 bits per heavy atom. The number of aromatic nitrogens is 1. The number of carbonyl (C=O) groups excluding carboxylic acids is 1. The van der Waals surface area contributed by atoms with Crippen LogP contribution in [0.1, 0.15) is 30.0 Å². The first-order valence-corrected chi connectivity index (χ1v) is 12.6. The highest BCUT2D eigenvalue weighted by molar-refractivity contribution is 6.37. The van der Waals surface area contributed by atoms with Gasteiger partial charge in [-0.3, -0.25) is 0 Å². The van der Waals surface area contributed by atoms with E-state index in [1.165, 1.54) is 0 Å². The Morgan fingerprint density at radius 1 is 1.13 bits per heavy atom. The molecule has 12 heteroatoms. The zero-order chi connectivity index (χ0) is 27.7. The average molecular weight is 551 g/mol. The number of benzene rings is 2. The third-order valence-corrected chi connectivity index (χ3v) is 6.23. The zero-order valence-corrected chi connectivity index (χ0v) is 22.0. The highest BCUT2D eigenvalue weighted by atomic mass is 35.5. The minimum Gasteiger partial charge on any atom is -0.461 e. The molecule has 11 nitrogen and oxygen atoms in total. The van der Waals surface area contributed by atoms with Gasteiger partial charge in [0, 0.05) is 30.4 Å². The number of nitrogens with zero attached hydrogens (tertiary/aromatic N) is 5. The van der Waals surface area contributed by atoms with E-state index in [2.05, 4.69) is 20.6 Å². The first-order chi connectivity index (χ1) is 18.9. The number of hydrogen-bond donors (Lipinski definition) is 1. The van der Waals surface area contributed by atoms with Crippen LogP contribution in [0, 0.1) is 10.1 Å². The molecule has 2 aliphatic heterocycles. The maximum Gasteiger partial charge on any atom is 0.356 e. The second-order valence-electron chi connectivity index (χ2n) is 8.57. The molecule has 0 unspecified atom stereocenters. The molecule has 202 valence electrons. The van der Waals surface area contributed by atoms with E-state index in [1.807, 2.05) is 66.7 Å². The fourth-order valence-corrected chi connectivity index (χ4v) is 4.30. The molecule has 0 saturated carbocycles. The normalized spacial score (nSPS) is 15.3. The van der Waals surface area contributed by atoms with E-state index in [4.69, 9.17) is 21.2 Å². The molecule has 3 heterocycles. The summed E-state index contributed by atoms with van der Waals surface area (Å²) in [4.78, 5) is 37.8. The summed E-state index contributed by atoms with van der Waals surface area (Å²) in [5.74, 6) is -0.138. The van der Waals surface area contributed by atoms with Gasteiger partial charge < -0.3 is 14.5 Å². The minimum absolute atomic E-state index is 0.282. The number of nitro groups is 1. The molecule has 39 heavy (non-hydrogen) atoms. The van der Waals surface area contributed by atoms with Crippen molar-refractivity contribution in [2.24, 2.45) is 10.1 Å². The quantitative estimate of drug-likeness (QED) is 0.202. The van der Waals surface area contributed by atoms with Gasteiger partial charge >= 0.3 is 5.97 Å². The zero-order valence-electron chi connectivity index (χ0n) is 21.2. The molecule has 3 aromatic rings. The predicted molar refractivity (Wildman–Crippen MR) is 146 cm³/mol. The predicted octanol–water partition coefficient (Wildman–Crippen LogP) is 3.96. The standard InChI is InChI=1S/C18H17NO3.C9H10ClN5O2/c1-2-21-17(20)16-13-18(22-19-16,14-9-5-3-6-10-14)15-11-7-4-8-12-15;10-8-2-1-7(5-12-8)6-14-4-3-11-9(14)13-15(16)17/h3-12H,2,13H2,1H3;1-2,5H,3-4,6H2,(H,11,13). The van der Waals surface area contributed by atoms with Crippen LogP contribution >= 0.6 is 11.6 Å². The summed E-state index contributed by atoms with van der Waals surface area (Å²) in [6.07, 6.45) is 2.00.